The molecule has 0 radical (unpaired) electrons. The molecule has 0 fully saturated rings. The van der Waals surface area contributed by atoms with Crippen molar-refractivity contribution < 1.29 is 4.79 Å². The summed E-state index contributed by atoms with van der Waals surface area (Å²) in [7, 11) is 0. The molecule has 0 bridgehead atoms. The molecule has 3 nitrogen and oxygen atoms in total. The molecule has 1 aromatic rings. The van der Waals surface area contributed by atoms with E-state index in [-0.39, 0.29) is 18.1 Å². The summed E-state index contributed by atoms with van der Waals surface area (Å²) in [6.45, 7) is 6.13. The van der Waals surface area contributed by atoms with E-state index in [0.29, 0.717) is 0 Å². The Hall–Kier alpha value is -1.03. The highest BCUT2D eigenvalue weighted by molar-refractivity contribution is 9.10. The van der Waals surface area contributed by atoms with Crippen molar-refractivity contribution in [3.05, 3.63) is 34.3 Å². The minimum Gasteiger partial charge on any atom is -0.335 e. The molecule has 2 amide bonds. The maximum absolute atomic E-state index is 11.8. The van der Waals surface area contributed by atoms with Gasteiger partial charge in [-0.25, -0.2) is 4.79 Å². The van der Waals surface area contributed by atoms with Gasteiger partial charge in [0.25, 0.3) is 0 Å². The lowest BCUT2D eigenvalue weighted by molar-refractivity contribution is 0.233. The highest BCUT2D eigenvalue weighted by atomic mass is 79.9. The van der Waals surface area contributed by atoms with Gasteiger partial charge in [0, 0.05) is 10.5 Å². The van der Waals surface area contributed by atoms with Gasteiger partial charge in [0.05, 0.1) is 6.04 Å². The molecule has 0 aliphatic rings. The van der Waals surface area contributed by atoms with E-state index in [1.54, 1.807) is 0 Å². The van der Waals surface area contributed by atoms with E-state index in [2.05, 4.69) is 40.4 Å². The van der Waals surface area contributed by atoms with E-state index < -0.39 is 0 Å². The largest absolute Gasteiger partial charge is 0.335 e. The summed E-state index contributed by atoms with van der Waals surface area (Å²) >= 11 is 3.49. The quantitative estimate of drug-likeness (QED) is 0.847. The Morgan fingerprint density at radius 1 is 1.22 bits per heavy atom. The lowest BCUT2D eigenvalue weighted by Crippen LogP contribution is -2.42. The van der Waals surface area contributed by atoms with Crippen LogP contribution in [0.1, 0.15) is 45.2 Å². The number of nitrogens with one attached hydrogen (secondary N) is 2. The van der Waals surface area contributed by atoms with Gasteiger partial charge in [-0.1, -0.05) is 48.0 Å². The third-order valence-corrected chi connectivity index (χ3v) is 3.76. The van der Waals surface area contributed by atoms with Gasteiger partial charge in [-0.2, -0.15) is 0 Å². The normalized spacial score (nSPS) is 12.3. The lowest BCUT2D eigenvalue weighted by Gasteiger charge is -2.19. The van der Waals surface area contributed by atoms with Crippen molar-refractivity contribution in [2.24, 2.45) is 0 Å². The fourth-order valence-corrected chi connectivity index (χ4v) is 2.45. The van der Waals surface area contributed by atoms with Gasteiger partial charge in [-0.3, -0.25) is 0 Å². The Morgan fingerprint density at radius 2 is 1.83 bits per heavy atom. The van der Waals surface area contributed by atoms with Crippen LogP contribution in [0.3, 0.4) is 0 Å². The van der Waals surface area contributed by atoms with Crippen molar-refractivity contribution >= 4 is 22.0 Å². The summed E-state index contributed by atoms with van der Waals surface area (Å²) in [5.41, 5.74) is 1.08. The molecule has 0 saturated heterocycles. The van der Waals surface area contributed by atoms with E-state index in [1.807, 2.05) is 31.2 Å². The van der Waals surface area contributed by atoms with Gasteiger partial charge >= 0.3 is 6.03 Å². The molecule has 4 heteroatoms. The minimum absolute atomic E-state index is 0.0186. The monoisotopic (exact) mass is 312 g/mol. The van der Waals surface area contributed by atoms with E-state index in [9.17, 15) is 4.79 Å². The van der Waals surface area contributed by atoms with Crippen LogP contribution in [-0.4, -0.2) is 12.1 Å². The Labute approximate surface area is 117 Å². The predicted molar refractivity (Wildman–Crippen MR) is 78.6 cm³/mol. The fraction of sp³-hybridized carbons (Fsp3) is 0.500. The van der Waals surface area contributed by atoms with E-state index in [0.717, 1.165) is 22.9 Å². The Morgan fingerprint density at radius 3 is 2.39 bits per heavy atom. The SMILES string of the molecule is CCC(CC)NC(=O)NC(C)c1ccccc1Br. The van der Waals surface area contributed by atoms with Crippen LogP contribution in [0.15, 0.2) is 28.7 Å². The molecule has 1 unspecified atom stereocenters. The van der Waals surface area contributed by atoms with Crippen molar-refractivity contribution in [3.63, 3.8) is 0 Å². The van der Waals surface area contributed by atoms with Crippen molar-refractivity contribution in [3.8, 4) is 0 Å². The number of rotatable bonds is 5. The van der Waals surface area contributed by atoms with E-state index in [1.165, 1.54) is 0 Å². The van der Waals surface area contributed by atoms with Crippen LogP contribution in [0.2, 0.25) is 0 Å². The fourth-order valence-electron chi connectivity index (χ4n) is 1.82. The maximum atomic E-state index is 11.8. The van der Waals surface area contributed by atoms with Crippen LogP contribution < -0.4 is 10.6 Å². The standard InChI is InChI=1S/C14H21BrN2O/c1-4-11(5-2)17-14(18)16-10(3)12-8-6-7-9-13(12)15/h6-11H,4-5H2,1-3H3,(H2,16,17,18). The summed E-state index contributed by atoms with van der Waals surface area (Å²) in [6.07, 6.45) is 1.90. The topological polar surface area (TPSA) is 41.1 Å². The molecular formula is C14H21BrN2O. The Kier molecular flexibility index (Phi) is 6.19. The second-order valence-electron chi connectivity index (χ2n) is 4.37. The van der Waals surface area contributed by atoms with Gasteiger partial charge in [-0.15, -0.1) is 0 Å². The third-order valence-electron chi connectivity index (χ3n) is 3.04. The first-order valence-corrected chi connectivity index (χ1v) is 7.19. The number of carbonyl (C=O) groups excluding carboxylic acids is 1. The average molecular weight is 313 g/mol. The lowest BCUT2D eigenvalue weighted by atomic mass is 10.1. The van der Waals surface area contributed by atoms with Crippen LogP contribution in [0.4, 0.5) is 4.79 Å². The molecule has 100 valence electrons. The van der Waals surface area contributed by atoms with Crippen LogP contribution in [0, 0.1) is 0 Å². The summed E-state index contributed by atoms with van der Waals surface area (Å²) in [5, 5.41) is 5.93. The Bertz CT molecular complexity index is 391. The summed E-state index contributed by atoms with van der Waals surface area (Å²) < 4.78 is 1.01. The van der Waals surface area contributed by atoms with Gasteiger partial charge in [0.15, 0.2) is 0 Å². The van der Waals surface area contributed by atoms with Gasteiger partial charge in [0.1, 0.15) is 0 Å². The second kappa shape index (κ2) is 7.41. The molecule has 0 aromatic heterocycles. The zero-order valence-corrected chi connectivity index (χ0v) is 12.8. The summed E-state index contributed by atoms with van der Waals surface area (Å²) in [4.78, 5) is 11.8. The summed E-state index contributed by atoms with van der Waals surface area (Å²) in [6, 6.07) is 8.04. The molecule has 1 aromatic carbocycles. The zero-order valence-electron chi connectivity index (χ0n) is 11.2. The van der Waals surface area contributed by atoms with Crippen molar-refractivity contribution in [1.29, 1.82) is 0 Å². The number of halogens is 1. The first kappa shape index (κ1) is 15.0. The second-order valence-corrected chi connectivity index (χ2v) is 5.23. The number of carbonyl (C=O) groups is 1. The third kappa shape index (κ3) is 4.33. The first-order chi connectivity index (χ1) is 8.58. The summed E-state index contributed by atoms with van der Waals surface area (Å²) in [5.74, 6) is 0. The number of hydrogen-bond donors (Lipinski definition) is 2. The molecule has 0 aliphatic heterocycles. The van der Waals surface area contributed by atoms with Gasteiger partial charge in [-0.05, 0) is 31.4 Å². The zero-order chi connectivity index (χ0) is 13.5. The van der Waals surface area contributed by atoms with Crippen LogP contribution in [0.25, 0.3) is 0 Å². The Balaban J connectivity index is 2.57. The highest BCUT2D eigenvalue weighted by Crippen LogP contribution is 2.22. The molecule has 0 heterocycles. The van der Waals surface area contributed by atoms with Gasteiger partial charge < -0.3 is 10.6 Å². The van der Waals surface area contributed by atoms with Crippen LogP contribution >= 0.6 is 15.9 Å². The smallest absolute Gasteiger partial charge is 0.315 e. The van der Waals surface area contributed by atoms with Crippen molar-refractivity contribution in [1.82, 2.24) is 10.6 Å². The number of hydrogen-bond acceptors (Lipinski definition) is 1. The molecule has 1 atom stereocenters. The van der Waals surface area contributed by atoms with Crippen LogP contribution in [0.5, 0.6) is 0 Å². The molecular weight excluding hydrogens is 292 g/mol. The molecule has 0 aliphatic carbocycles. The van der Waals surface area contributed by atoms with E-state index >= 15 is 0 Å². The molecule has 0 saturated carbocycles. The predicted octanol–water partition coefficient (Wildman–Crippen LogP) is 4.00. The molecule has 2 N–H and O–H groups in total. The number of urea groups is 1. The van der Waals surface area contributed by atoms with Crippen molar-refractivity contribution in [2.75, 3.05) is 0 Å². The van der Waals surface area contributed by atoms with Gasteiger partial charge in [0.2, 0.25) is 0 Å². The first-order valence-electron chi connectivity index (χ1n) is 6.39. The van der Waals surface area contributed by atoms with E-state index in [4.69, 9.17) is 0 Å². The maximum Gasteiger partial charge on any atom is 0.315 e. The van der Waals surface area contributed by atoms with Crippen molar-refractivity contribution in [2.45, 2.75) is 45.7 Å². The molecule has 1 rings (SSSR count). The number of benzene rings is 1. The molecule has 0 spiro atoms. The minimum atomic E-state index is -0.105. The van der Waals surface area contributed by atoms with Crippen LogP contribution in [-0.2, 0) is 0 Å². The molecule has 18 heavy (non-hydrogen) atoms. The number of amides is 2. The highest BCUT2D eigenvalue weighted by Gasteiger charge is 2.13. The average Bonchev–Trinajstić information content (AvgIpc) is 2.36.